The van der Waals surface area contributed by atoms with Gasteiger partial charge in [0, 0.05) is 11.1 Å². The minimum atomic E-state index is 0.886. The SMILES string of the molecule is C(=Cc1ccccc1Oc1ccccc1C=CCCCc1ccccc1)CCCc1ccccc1. The molecule has 0 heterocycles. The highest BCUT2D eigenvalue weighted by atomic mass is 16.5. The lowest BCUT2D eigenvalue weighted by atomic mass is 10.1. The summed E-state index contributed by atoms with van der Waals surface area (Å²) in [6.07, 6.45) is 15.5. The van der Waals surface area contributed by atoms with Crippen molar-refractivity contribution >= 4 is 12.2 Å². The third kappa shape index (κ3) is 8.15. The van der Waals surface area contributed by atoms with Gasteiger partial charge in [-0.3, -0.25) is 0 Å². The van der Waals surface area contributed by atoms with Gasteiger partial charge in [0.15, 0.2) is 0 Å². The molecule has 1 nitrogen and oxygen atoms in total. The van der Waals surface area contributed by atoms with Crippen LogP contribution in [0.5, 0.6) is 11.5 Å². The van der Waals surface area contributed by atoms with Crippen LogP contribution in [0.25, 0.3) is 12.2 Å². The molecule has 0 aliphatic rings. The van der Waals surface area contributed by atoms with Crippen molar-refractivity contribution < 1.29 is 4.74 Å². The molecule has 0 fully saturated rings. The minimum absolute atomic E-state index is 0.886. The van der Waals surface area contributed by atoms with Crippen LogP contribution in [0, 0.1) is 0 Å². The summed E-state index contributed by atoms with van der Waals surface area (Å²) in [6, 6.07) is 37.9. The van der Waals surface area contributed by atoms with E-state index in [0.29, 0.717) is 0 Å². The molecule has 0 aliphatic heterocycles. The molecule has 0 saturated carbocycles. The minimum Gasteiger partial charge on any atom is -0.456 e. The molecule has 176 valence electrons. The van der Waals surface area contributed by atoms with Crippen LogP contribution in [0.1, 0.15) is 47.9 Å². The van der Waals surface area contributed by atoms with Crippen LogP contribution in [0.4, 0.5) is 0 Å². The summed E-state index contributed by atoms with van der Waals surface area (Å²) in [6.45, 7) is 0. The highest BCUT2D eigenvalue weighted by Crippen LogP contribution is 2.30. The molecule has 0 aromatic heterocycles. The first-order chi connectivity index (χ1) is 17.4. The van der Waals surface area contributed by atoms with E-state index in [1.54, 1.807) is 0 Å². The number of allylic oxidation sites excluding steroid dienone is 2. The molecule has 0 bridgehead atoms. The highest BCUT2D eigenvalue weighted by Gasteiger charge is 2.05. The van der Waals surface area contributed by atoms with Gasteiger partial charge in [0.1, 0.15) is 11.5 Å². The maximum atomic E-state index is 6.39. The molecule has 0 unspecified atom stereocenters. The van der Waals surface area contributed by atoms with Gasteiger partial charge >= 0.3 is 0 Å². The van der Waals surface area contributed by atoms with Gasteiger partial charge in [-0.25, -0.2) is 0 Å². The lowest BCUT2D eigenvalue weighted by molar-refractivity contribution is 0.480. The average molecular weight is 459 g/mol. The molecule has 4 aromatic carbocycles. The average Bonchev–Trinajstić information content (AvgIpc) is 2.91. The molecule has 35 heavy (non-hydrogen) atoms. The number of para-hydroxylation sites is 2. The fourth-order valence-corrected chi connectivity index (χ4v) is 4.10. The topological polar surface area (TPSA) is 9.23 Å². The Hall–Kier alpha value is -3.84. The number of hydrogen-bond acceptors (Lipinski definition) is 1. The predicted octanol–water partition coefficient (Wildman–Crippen LogP) is 9.55. The fourth-order valence-electron chi connectivity index (χ4n) is 4.10. The Labute approximate surface area is 210 Å². The second-order valence-corrected chi connectivity index (χ2v) is 8.74. The highest BCUT2D eigenvalue weighted by molar-refractivity contribution is 5.61. The van der Waals surface area contributed by atoms with Crippen molar-refractivity contribution in [2.45, 2.75) is 38.5 Å². The molecule has 0 N–H and O–H groups in total. The van der Waals surface area contributed by atoms with Crippen molar-refractivity contribution in [3.05, 3.63) is 144 Å². The number of ether oxygens (including phenoxy) is 1. The van der Waals surface area contributed by atoms with E-state index in [1.807, 2.05) is 24.3 Å². The number of aryl methyl sites for hydroxylation is 2. The predicted molar refractivity (Wildman–Crippen MR) is 150 cm³/mol. The lowest BCUT2D eigenvalue weighted by Crippen LogP contribution is -1.90. The number of rotatable bonds is 12. The van der Waals surface area contributed by atoms with Crippen LogP contribution in [0.15, 0.2) is 121 Å². The summed E-state index contributed by atoms with van der Waals surface area (Å²) < 4.78 is 6.39. The Kier molecular flexibility index (Phi) is 9.55. The molecule has 4 aromatic rings. The van der Waals surface area contributed by atoms with Crippen LogP contribution < -0.4 is 4.74 Å². The molecule has 0 spiro atoms. The summed E-state index contributed by atoms with van der Waals surface area (Å²) in [5.41, 5.74) is 5.01. The monoisotopic (exact) mass is 458 g/mol. The summed E-state index contributed by atoms with van der Waals surface area (Å²) in [4.78, 5) is 0. The zero-order chi connectivity index (χ0) is 24.0. The first-order valence-corrected chi connectivity index (χ1v) is 12.7. The van der Waals surface area contributed by atoms with E-state index >= 15 is 0 Å². The Bertz CT molecular complexity index is 1110. The van der Waals surface area contributed by atoms with E-state index in [1.165, 1.54) is 11.1 Å². The van der Waals surface area contributed by atoms with E-state index in [4.69, 9.17) is 4.74 Å². The number of benzene rings is 4. The summed E-state index contributed by atoms with van der Waals surface area (Å²) >= 11 is 0. The molecule has 0 atom stereocenters. The third-order valence-corrected chi connectivity index (χ3v) is 6.01. The Balaban J connectivity index is 1.32. The van der Waals surface area contributed by atoms with Crippen LogP contribution in [-0.4, -0.2) is 0 Å². The fraction of sp³-hybridized carbons (Fsp3) is 0.176. The van der Waals surface area contributed by atoms with E-state index in [9.17, 15) is 0 Å². The molecule has 1 heteroatoms. The standard InChI is InChI=1S/C34H34O/c1-5-17-29(18-6-1)21-9-3-11-23-31-25-13-15-27-33(31)35-34-28-16-14-26-32(34)24-12-4-10-22-30-19-7-2-8-20-30/h1-2,5-8,11-20,23-28H,3-4,9-10,21-22H2. The van der Waals surface area contributed by atoms with Crippen LogP contribution in [0.3, 0.4) is 0 Å². The summed E-state index contributed by atoms with van der Waals surface area (Å²) in [5.74, 6) is 1.77. The Morgan fingerprint density at radius 1 is 0.457 bits per heavy atom. The molecule has 4 rings (SSSR count). The van der Waals surface area contributed by atoms with Crippen LogP contribution in [0.2, 0.25) is 0 Å². The second kappa shape index (κ2) is 13.8. The van der Waals surface area contributed by atoms with Gasteiger partial charge in [0.2, 0.25) is 0 Å². The smallest absolute Gasteiger partial charge is 0.134 e. The van der Waals surface area contributed by atoms with Gasteiger partial charge in [-0.15, -0.1) is 0 Å². The van der Waals surface area contributed by atoms with Crippen molar-refractivity contribution in [3.8, 4) is 11.5 Å². The van der Waals surface area contributed by atoms with Crippen molar-refractivity contribution in [2.24, 2.45) is 0 Å². The van der Waals surface area contributed by atoms with Crippen molar-refractivity contribution in [1.82, 2.24) is 0 Å². The lowest BCUT2D eigenvalue weighted by Gasteiger charge is -2.11. The zero-order valence-corrected chi connectivity index (χ0v) is 20.4. The largest absolute Gasteiger partial charge is 0.456 e. The quantitative estimate of drug-likeness (QED) is 0.192. The van der Waals surface area contributed by atoms with E-state index < -0.39 is 0 Å². The van der Waals surface area contributed by atoms with Gasteiger partial charge in [0.05, 0.1) is 0 Å². The number of hydrogen-bond donors (Lipinski definition) is 0. The Morgan fingerprint density at radius 3 is 1.31 bits per heavy atom. The van der Waals surface area contributed by atoms with Gasteiger partial charge in [0.25, 0.3) is 0 Å². The molecule has 0 amide bonds. The molecular formula is C34H34O. The van der Waals surface area contributed by atoms with Crippen molar-refractivity contribution in [2.75, 3.05) is 0 Å². The van der Waals surface area contributed by atoms with E-state index in [0.717, 1.165) is 61.2 Å². The molecular weight excluding hydrogens is 424 g/mol. The molecule has 0 saturated heterocycles. The Morgan fingerprint density at radius 2 is 0.857 bits per heavy atom. The van der Waals surface area contributed by atoms with Gasteiger partial charge in [-0.2, -0.15) is 0 Å². The van der Waals surface area contributed by atoms with Crippen LogP contribution >= 0.6 is 0 Å². The van der Waals surface area contributed by atoms with E-state index in [-0.39, 0.29) is 0 Å². The maximum Gasteiger partial charge on any atom is 0.134 e. The van der Waals surface area contributed by atoms with Gasteiger partial charge in [-0.05, 0) is 61.8 Å². The first-order valence-electron chi connectivity index (χ1n) is 12.7. The van der Waals surface area contributed by atoms with Crippen molar-refractivity contribution in [1.29, 1.82) is 0 Å². The maximum absolute atomic E-state index is 6.39. The summed E-state index contributed by atoms with van der Waals surface area (Å²) in [5, 5.41) is 0. The van der Waals surface area contributed by atoms with Crippen molar-refractivity contribution in [3.63, 3.8) is 0 Å². The second-order valence-electron chi connectivity index (χ2n) is 8.74. The summed E-state index contributed by atoms with van der Waals surface area (Å²) in [7, 11) is 0. The first kappa shape index (κ1) is 24.3. The molecule has 0 aliphatic carbocycles. The number of unbranched alkanes of at least 4 members (excludes halogenated alkanes) is 2. The van der Waals surface area contributed by atoms with E-state index in [2.05, 4.69) is 109 Å². The molecule has 0 radical (unpaired) electrons. The third-order valence-electron chi connectivity index (χ3n) is 6.01. The zero-order valence-electron chi connectivity index (χ0n) is 20.4. The van der Waals surface area contributed by atoms with Gasteiger partial charge < -0.3 is 4.74 Å². The van der Waals surface area contributed by atoms with Crippen LogP contribution in [-0.2, 0) is 12.8 Å². The van der Waals surface area contributed by atoms with Gasteiger partial charge in [-0.1, -0.05) is 121 Å². The normalized spacial score (nSPS) is 11.3.